The summed E-state index contributed by atoms with van der Waals surface area (Å²) in [6.07, 6.45) is 2.56. The van der Waals surface area contributed by atoms with Crippen molar-refractivity contribution in [2.45, 2.75) is 38.8 Å². The van der Waals surface area contributed by atoms with Crippen molar-refractivity contribution in [3.05, 3.63) is 22.4 Å². The molecular weight excluding hydrogens is 206 g/mol. The maximum Gasteiger partial charge on any atom is 0.0777 e. The second kappa shape index (κ2) is 6.99. The summed E-state index contributed by atoms with van der Waals surface area (Å²) in [5.41, 5.74) is 0. The van der Waals surface area contributed by atoms with Gasteiger partial charge in [-0.1, -0.05) is 19.4 Å². The van der Waals surface area contributed by atoms with E-state index >= 15 is 0 Å². The molecule has 1 aromatic rings. The topological polar surface area (TPSA) is 21.3 Å². The van der Waals surface area contributed by atoms with Crippen molar-refractivity contribution < 1.29 is 4.74 Å². The van der Waals surface area contributed by atoms with Crippen LogP contribution in [0.15, 0.2) is 17.5 Å². The van der Waals surface area contributed by atoms with Crippen molar-refractivity contribution >= 4 is 11.3 Å². The van der Waals surface area contributed by atoms with Gasteiger partial charge in [-0.25, -0.2) is 0 Å². The number of thiophene rings is 1. The van der Waals surface area contributed by atoms with Crippen LogP contribution >= 0.6 is 11.3 Å². The van der Waals surface area contributed by atoms with Gasteiger partial charge in [-0.15, -0.1) is 11.3 Å². The molecule has 0 radical (unpaired) electrons. The van der Waals surface area contributed by atoms with E-state index in [9.17, 15) is 0 Å². The van der Waals surface area contributed by atoms with Crippen molar-refractivity contribution in [3.63, 3.8) is 0 Å². The lowest BCUT2D eigenvalue weighted by Gasteiger charge is -2.25. The molecule has 0 aromatic carbocycles. The third-order valence-electron chi connectivity index (χ3n) is 2.49. The van der Waals surface area contributed by atoms with Crippen LogP contribution in [0.25, 0.3) is 0 Å². The molecular formula is C12H21NOS. The van der Waals surface area contributed by atoms with E-state index in [0.29, 0.717) is 12.1 Å². The molecule has 2 nitrogen and oxygen atoms in total. The van der Waals surface area contributed by atoms with Gasteiger partial charge in [-0.3, -0.25) is 0 Å². The van der Waals surface area contributed by atoms with Crippen molar-refractivity contribution in [2.75, 3.05) is 13.7 Å². The molecule has 15 heavy (non-hydrogen) atoms. The Morgan fingerprint density at radius 3 is 2.73 bits per heavy atom. The van der Waals surface area contributed by atoms with Gasteiger partial charge in [-0.05, 0) is 31.8 Å². The highest BCUT2D eigenvalue weighted by Gasteiger charge is 2.21. The summed E-state index contributed by atoms with van der Waals surface area (Å²) in [7, 11) is 2.01. The number of ether oxygens (including phenoxy) is 1. The minimum Gasteiger partial charge on any atom is -0.376 e. The van der Waals surface area contributed by atoms with E-state index in [1.165, 1.54) is 4.88 Å². The van der Waals surface area contributed by atoms with Crippen LogP contribution in [0, 0.1) is 0 Å². The van der Waals surface area contributed by atoms with Crippen molar-refractivity contribution in [1.29, 1.82) is 0 Å². The minimum absolute atomic E-state index is 0.295. The fraction of sp³-hybridized carbons (Fsp3) is 0.667. The summed E-state index contributed by atoms with van der Waals surface area (Å²) < 4.78 is 5.80. The molecule has 0 fully saturated rings. The van der Waals surface area contributed by atoms with Gasteiger partial charge in [0.05, 0.1) is 12.1 Å². The van der Waals surface area contributed by atoms with Crippen molar-refractivity contribution in [1.82, 2.24) is 5.32 Å². The van der Waals surface area contributed by atoms with E-state index in [4.69, 9.17) is 4.74 Å². The molecule has 0 saturated carbocycles. The van der Waals surface area contributed by atoms with Gasteiger partial charge < -0.3 is 10.1 Å². The van der Waals surface area contributed by atoms with Crippen molar-refractivity contribution in [3.8, 4) is 0 Å². The lowest BCUT2D eigenvalue weighted by atomic mass is 10.0. The van der Waals surface area contributed by atoms with Crippen LogP contribution in [0.2, 0.25) is 0 Å². The van der Waals surface area contributed by atoms with Crippen LogP contribution in [0.4, 0.5) is 0 Å². The maximum absolute atomic E-state index is 5.80. The zero-order chi connectivity index (χ0) is 11.1. The van der Waals surface area contributed by atoms with Crippen LogP contribution in [0.1, 0.15) is 37.6 Å². The Balaban J connectivity index is 2.69. The molecule has 1 rings (SSSR count). The van der Waals surface area contributed by atoms with Gasteiger partial charge in [0.15, 0.2) is 0 Å². The van der Waals surface area contributed by atoms with E-state index in [1.807, 2.05) is 7.05 Å². The lowest BCUT2D eigenvalue weighted by Crippen LogP contribution is -2.31. The molecule has 86 valence electrons. The molecule has 0 amide bonds. The summed E-state index contributed by atoms with van der Waals surface area (Å²) in [5.74, 6) is 0. The Hall–Kier alpha value is -0.380. The summed E-state index contributed by atoms with van der Waals surface area (Å²) in [5, 5.41) is 5.48. The smallest absolute Gasteiger partial charge is 0.0777 e. The molecule has 0 saturated heterocycles. The first-order valence-electron chi connectivity index (χ1n) is 5.65. The van der Waals surface area contributed by atoms with Crippen LogP contribution in [-0.2, 0) is 4.74 Å². The Morgan fingerprint density at radius 2 is 2.27 bits per heavy atom. The van der Waals surface area contributed by atoms with Gasteiger partial charge in [-0.2, -0.15) is 0 Å². The molecule has 2 unspecified atom stereocenters. The summed E-state index contributed by atoms with van der Waals surface area (Å²) in [6.45, 7) is 5.05. The monoisotopic (exact) mass is 227 g/mol. The molecule has 1 aromatic heterocycles. The molecule has 0 aliphatic rings. The summed E-state index contributed by atoms with van der Waals surface area (Å²) in [6, 6.07) is 4.61. The van der Waals surface area contributed by atoms with Gasteiger partial charge in [0.1, 0.15) is 0 Å². The fourth-order valence-corrected chi connectivity index (χ4v) is 2.71. The number of hydrogen-bond donors (Lipinski definition) is 1. The highest BCUT2D eigenvalue weighted by Crippen LogP contribution is 2.26. The van der Waals surface area contributed by atoms with Crippen molar-refractivity contribution in [2.24, 2.45) is 0 Å². The first kappa shape index (κ1) is 12.7. The minimum atomic E-state index is 0.295. The Kier molecular flexibility index (Phi) is 5.91. The molecule has 0 bridgehead atoms. The zero-order valence-electron chi connectivity index (χ0n) is 9.82. The largest absolute Gasteiger partial charge is 0.376 e. The van der Waals surface area contributed by atoms with Gasteiger partial charge in [0, 0.05) is 11.5 Å². The molecule has 2 atom stereocenters. The SMILES string of the molecule is CCCC(OCC)C(NC)c1cccs1. The van der Waals surface area contributed by atoms with Gasteiger partial charge >= 0.3 is 0 Å². The van der Waals surface area contributed by atoms with E-state index < -0.39 is 0 Å². The summed E-state index contributed by atoms with van der Waals surface area (Å²) in [4.78, 5) is 1.37. The highest BCUT2D eigenvalue weighted by molar-refractivity contribution is 7.10. The number of likely N-dealkylation sites (N-methyl/N-ethyl adjacent to an activating group) is 1. The van der Waals surface area contributed by atoms with Gasteiger partial charge in [0.25, 0.3) is 0 Å². The molecule has 0 spiro atoms. The van der Waals surface area contributed by atoms with Crippen LogP contribution < -0.4 is 5.32 Å². The molecule has 0 aliphatic heterocycles. The first-order valence-corrected chi connectivity index (χ1v) is 6.53. The average molecular weight is 227 g/mol. The fourth-order valence-electron chi connectivity index (χ4n) is 1.82. The summed E-state index contributed by atoms with van der Waals surface area (Å²) >= 11 is 1.79. The Labute approximate surface area is 96.7 Å². The average Bonchev–Trinajstić information content (AvgIpc) is 2.73. The van der Waals surface area contributed by atoms with Crippen LogP contribution in [0.5, 0.6) is 0 Å². The van der Waals surface area contributed by atoms with Crippen LogP contribution in [0.3, 0.4) is 0 Å². The second-order valence-electron chi connectivity index (χ2n) is 3.56. The Bertz CT molecular complexity index is 242. The molecule has 1 heterocycles. The lowest BCUT2D eigenvalue weighted by molar-refractivity contribution is 0.0304. The molecule has 1 N–H and O–H groups in total. The first-order chi connectivity index (χ1) is 7.33. The third kappa shape index (κ3) is 3.59. The zero-order valence-corrected chi connectivity index (χ0v) is 10.6. The number of hydrogen-bond acceptors (Lipinski definition) is 3. The maximum atomic E-state index is 5.80. The number of rotatable bonds is 7. The quantitative estimate of drug-likeness (QED) is 0.772. The predicted octanol–water partition coefficient (Wildman–Crippen LogP) is 3.21. The third-order valence-corrected chi connectivity index (χ3v) is 3.44. The van der Waals surface area contributed by atoms with E-state index in [2.05, 4.69) is 36.7 Å². The van der Waals surface area contributed by atoms with E-state index in [0.717, 1.165) is 19.4 Å². The van der Waals surface area contributed by atoms with E-state index in [1.54, 1.807) is 11.3 Å². The van der Waals surface area contributed by atoms with Crippen LogP contribution in [-0.4, -0.2) is 19.8 Å². The molecule has 0 aliphatic carbocycles. The highest BCUT2D eigenvalue weighted by atomic mass is 32.1. The van der Waals surface area contributed by atoms with Gasteiger partial charge in [0.2, 0.25) is 0 Å². The normalized spacial score (nSPS) is 15.1. The standard InChI is InChI=1S/C12H21NOS/c1-4-7-10(14-5-2)12(13-3)11-8-6-9-15-11/h6,8-10,12-13H,4-5,7H2,1-3H3. The second-order valence-corrected chi connectivity index (χ2v) is 4.54. The molecule has 3 heteroatoms. The predicted molar refractivity (Wildman–Crippen MR) is 66.4 cm³/mol. The van der Waals surface area contributed by atoms with E-state index in [-0.39, 0.29) is 0 Å². The Morgan fingerprint density at radius 1 is 1.47 bits per heavy atom. The number of nitrogens with one attached hydrogen (secondary N) is 1.